The van der Waals surface area contributed by atoms with Crippen LogP contribution in [0.3, 0.4) is 0 Å². The summed E-state index contributed by atoms with van der Waals surface area (Å²) in [5.41, 5.74) is 2.04. The summed E-state index contributed by atoms with van der Waals surface area (Å²) in [5, 5.41) is 23.3. The number of benzene rings is 2. The maximum Gasteiger partial charge on any atom is 0.253 e. The molecule has 4 aromatic rings. The van der Waals surface area contributed by atoms with E-state index >= 15 is 0 Å². The molecule has 210 valence electrons. The molecular formula is C28H33N7O5. The van der Waals surface area contributed by atoms with Crippen molar-refractivity contribution in [2.75, 3.05) is 51.9 Å². The zero-order valence-corrected chi connectivity index (χ0v) is 22.6. The Bertz CT molecular complexity index is 1520. The summed E-state index contributed by atoms with van der Waals surface area (Å²) in [4.78, 5) is 21.2. The molecule has 0 amide bonds. The van der Waals surface area contributed by atoms with Crippen molar-refractivity contribution >= 4 is 16.6 Å². The SMILES string of the molecule is COc1cc2cc([C@H](c3nnnn3C[C@@H]3CCCO3)N3CCN(c4ccc(O)cc4)CC3)c(=O)[nH]c2cc1OC. The smallest absolute Gasteiger partial charge is 0.253 e. The molecule has 2 aliphatic heterocycles. The number of nitrogens with one attached hydrogen (secondary N) is 1. The fraction of sp³-hybridized carbons (Fsp3) is 0.429. The first-order valence-electron chi connectivity index (χ1n) is 13.5. The number of anilines is 1. The van der Waals surface area contributed by atoms with Crippen molar-refractivity contribution in [1.29, 1.82) is 0 Å². The molecule has 4 heterocycles. The van der Waals surface area contributed by atoms with E-state index in [4.69, 9.17) is 14.2 Å². The Morgan fingerprint density at radius 1 is 1.07 bits per heavy atom. The number of tetrazole rings is 1. The third-order valence-electron chi connectivity index (χ3n) is 7.77. The number of methoxy groups -OCH3 is 2. The molecule has 0 spiro atoms. The summed E-state index contributed by atoms with van der Waals surface area (Å²) in [6, 6.07) is 12.3. The summed E-state index contributed by atoms with van der Waals surface area (Å²) < 4.78 is 18.6. The Morgan fingerprint density at radius 3 is 2.52 bits per heavy atom. The van der Waals surface area contributed by atoms with Crippen molar-refractivity contribution in [2.45, 2.75) is 31.5 Å². The average molecular weight is 548 g/mol. The van der Waals surface area contributed by atoms with Crippen LogP contribution in [0.15, 0.2) is 47.3 Å². The Hall–Kier alpha value is -4.16. The standard InChI is InChI=1S/C28H33N7O5/c1-38-24-15-18-14-22(28(37)29-23(18)16-25(24)39-2)26(27-30-31-32-35(27)17-21-4-3-13-40-21)34-11-9-33(10-12-34)19-5-7-20(36)8-6-19/h5-8,14-16,21,26,36H,3-4,9-13,17H2,1-2H3,(H,29,37)/t21-,26+/m0/s1. The predicted molar refractivity (Wildman–Crippen MR) is 148 cm³/mol. The molecule has 2 aliphatic rings. The zero-order chi connectivity index (χ0) is 27.6. The minimum atomic E-state index is -0.473. The number of pyridine rings is 1. The number of piperazine rings is 1. The van der Waals surface area contributed by atoms with Crippen molar-refractivity contribution in [2.24, 2.45) is 0 Å². The van der Waals surface area contributed by atoms with Crippen molar-refractivity contribution in [3.05, 3.63) is 64.2 Å². The maximum absolute atomic E-state index is 13.6. The van der Waals surface area contributed by atoms with E-state index in [0.717, 1.165) is 43.6 Å². The molecule has 2 aromatic carbocycles. The number of hydrogen-bond acceptors (Lipinski definition) is 10. The van der Waals surface area contributed by atoms with Gasteiger partial charge in [-0.1, -0.05) is 0 Å². The minimum Gasteiger partial charge on any atom is -0.508 e. The van der Waals surface area contributed by atoms with Crippen molar-refractivity contribution < 1.29 is 19.3 Å². The first-order valence-corrected chi connectivity index (χ1v) is 13.5. The number of aromatic amines is 1. The Balaban J connectivity index is 1.38. The van der Waals surface area contributed by atoms with Crippen LogP contribution in [0.2, 0.25) is 0 Å². The molecule has 12 nitrogen and oxygen atoms in total. The number of ether oxygens (including phenoxy) is 3. The van der Waals surface area contributed by atoms with Gasteiger partial charge in [0.05, 0.1) is 32.4 Å². The topological polar surface area (TPSA) is 131 Å². The molecule has 40 heavy (non-hydrogen) atoms. The number of nitrogens with zero attached hydrogens (tertiary/aromatic N) is 6. The van der Waals surface area contributed by atoms with Crippen molar-refractivity contribution in [1.82, 2.24) is 30.1 Å². The van der Waals surface area contributed by atoms with Crippen LogP contribution < -0.4 is 19.9 Å². The van der Waals surface area contributed by atoms with Crippen LogP contribution in [0, 0.1) is 0 Å². The molecule has 6 rings (SSSR count). The summed E-state index contributed by atoms with van der Waals surface area (Å²) in [6.07, 6.45) is 2.01. The lowest BCUT2D eigenvalue weighted by Gasteiger charge is -2.39. The highest BCUT2D eigenvalue weighted by atomic mass is 16.5. The third-order valence-corrected chi connectivity index (χ3v) is 7.77. The molecule has 2 fully saturated rings. The highest BCUT2D eigenvalue weighted by molar-refractivity contribution is 5.83. The molecule has 2 saturated heterocycles. The number of phenolic OH excluding ortho intramolecular Hbond substituents is 1. The van der Waals surface area contributed by atoms with E-state index in [1.807, 2.05) is 24.3 Å². The van der Waals surface area contributed by atoms with Gasteiger partial charge in [0.1, 0.15) is 11.8 Å². The lowest BCUT2D eigenvalue weighted by atomic mass is 10.0. The van der Waals surface area contributed by atoms with Crippen molar-refractivity contribution in [3.8, 4) is 17.2 Å². The Kier molecular flexibility index (Phi) is 7.27. The second-order valence-corrected chi connectivity index (χ2v) is 10.1. The fourth-order valence-electron chi connectivity index (χ4n) is 5.67. The normalized spacial score (nSPS) is 18.8. The van der Waals surface area contributed by atoms with Gasteiger partial charge < -0.3 is 29.2 Å². The largest absolute Gasteiger partial charge is 0.508 e. The van der Waals surface area contributed by atoms with Gasteiger partial charge in [-0.25, -0.2) is 4.68 Å². The van der Waals surface area contributed by atoms with Gasteiger partial charge >= 0.3 is 0 Å². The minimum absolute atomic E-state index is 0.0425. The van der Waals surface area contributed by atoms with Crippen LogP contribution in [0.4, 0.5) is 5.69 Å². The van der Waals surface area contributed by atoms with E-state index in [2.05, 4.69) is 30.3 Å². The van der Waals surface area contributed by atoms with E-state index in [1.165, 1.54) is 0 Å². The van der Waals surface area contributed by atoms with Gasteiger partial charge in [0, 0.05) is 55.5 Å². The number of aromatic nitrogens is 5. The predicted octanol–water partition coefficient (Wildman–Crippen LogP) is 2.33. The lowest BCUT2D eigenvalue weighted by molar-refractivity contribution is 0.0906. The molecule has 0 saturated carbocycles. The molecule has 0 aliphatic carbocycles. The number of phenols is 1. The highest BCUT2D eigenvalue weighted by Crippen LogP contribution is 2.34. The van der Waals surface area contributed by atoms with Gasteiger partial charge in [-0.05, 0) is 59.7 Å². The number of fused-ring (bicyclic) bond motifs is 1. The molecule has 2 N–H and O–H groups in total. The number of H-pyrrole nitrogens is 1. The molecule has 0 bridgehead atoms. The van der Waals surface area contributed by atoms with Gasteiger partial charge in [0.2, 0.25) is 0 Å². The average Bonchev–Trinajstić information content (AvgIpc) is 3.66. The molecule has 0 unspecified atom stereocenters. The third kappa shape index (κ3) is 5.07. The maximum atomic E-state index is 13.6. The monoisotopic (exact) mass is 547 g/mol. The first-order chi connectivity index (χ1) is 19.5. The van der Waals surface area contributed by atoms with Gasteiger partial charge in [0.15, 0.2) is 17.3 Å². The quantitative estimate of drug-likeness (QED) is 0.339. The number of aromatic hydroxyl groups is 1. The zero-order valence-electron chi connectivity index (χ0n) is 22.6. The number of hydrogen-bond donors (Lipinski definition) is 2. The summed E-state index contributed by atoms with van der Waals surface area (Å²) in [5.74, 6) is 1.97. The van der Waals surface area contributed by atoms with Crippen LogP contribution in [-0.2, 0) is 11.3 Å². The van der Waals surface area contributed by atoms with Gasteiger partial charge in [-0.3, -0.25) is 9.69 Å². The van der Waals surface area contributed by atoms with Crippen LogP contribution in [0.25, 0.3) is 10.9 Å². The van der Waals surface area contributed by atoms with Crippen LogP contribution >= 0.6 is 0 Å². The number of rotatable bonds is 8. The first kappa shape index (κ1) is 26.1. The van der Waals surface area contributed by atoms with E-state index in [0.29, 0.717) is 48.0 Å². The van der Waals surface area contributed by atoms with E-state index < -0.39 is 6.04 Å². The van der Waals surface area contributed by atoms with E-state index in [1.54, 1.807) is 37.1 Å². The molecule has 0 radical (unpaired) electrons. The molecule has 2 aromatic heterocycles. The van der Waals surface area contributed by atoms with Gasteiger partial charge in [-0.2, -0.15) is 0 Å². The van der Waals surface area contributed by atoms with E-state index in [-0.39, 0.29) is 17.4 Å². The highest BCUT2D eigenvalue weighted by Gasteiger charge is 2.33. The second kappa shape index (κ2) is 11.1. The fourth-order valence-corrected chi connectivity index (χ4v) is 5.67. The van der Waals surface area contributed by atoms with E-state index in [9.17, 15) is 9.90 Å². The Morgan fingerprint density at radius 2 is 1.82 bits per heavy atom. The van der Waals surface area contributed by atoms with Gasteiger partial charge in [-0.15, -0.1) is 5.10 Å². The van der Waals surface area contributed by atoms with Crippen LogP contribution in [0.5, 0.6) is 17.2 Å². The molecule has 12 heteroatoms. The van der Waals surface area contributed by atoms with Crippen LogP contribution in [-0.4, -0.2) is 88.3 Å². The second-order valence-electron chi connectivity index (χ2n) is 10.1. The molecular weight excluding hydrogens is 514 g/mol. The lowest BCUT2D eigenvalue weighted by Crippen LogP contribution is -2.49. The van der Waals surface area contributed by atoms with Crippen LogP contribution in [0.1, 0.15) is 30.3 Å². The van der Waals surface area contributed by atoms with Gasteiger partial charge in [0.25, 0.3) is 5.56 Å². The van der Waals surface area contributed by atoms with Crippen molar-refractivity contribution in [3.63, 3.8) is 0 Å². The molecule has 2 atom stereocenters. The Labute approximate surface area is 231 Å². The summed E-state index contributed by atoms with van der Waals surface area (Å²) in [6.45, 7) is 4.11. The summed E-state index contributed by atoms with van der Waals surface area (Å²) >= 11 is 0. The summed E-state index contributed by atoms with van der Waals surface area (Å²) in [7, 11) is 3.16.